The Morgan fingerprint density at radius 3 is 2.06 bits per heavy atom. The highest BCUT2D eigenvalue weighted by atomic mass is 16.5. The van der Waals surface area contributed by atoms with Crippen molar-refractivity contribution in [1.82, 2.24) is 0 Å². The van der Waals surface area contributed by atoms with Crippen LogP contribution in [0, 0.1) is 20.8 Å². The third kappa shape index (κ3) is 6.89. The van der Waals surface area contributed by atoms with E-state index in [2.05, 4.69) is 65.0 Å². The lowest BCUT2D eigenvalue weighted by atomic mass is 9.90. The van der Waals surface area contributed by atoms with Crippen molar-refractivity contribution in [3.8, 4) is 11.5 Å². The zero-order valence-corrected chi connectivity index (χ0v) is 21.0. The van der Waals surface area contributed by atoms with E-state index in [9.17, 15) is 5.11 Å². The van der Waals surface area contributed by atoms with Gasteiger partial charge in [0.15, 0.2) is 0 Å². The number of rotatable bonds is 9. The van der Waals surface area contributed by atoms with Gasteiger partial charge in [0.1, 0.15) is 17.1 Å². The van der Waals surface area contributed by atoms with Crippen LogP contribution in [0.2, 0.25) is 0 Å². The fourth-order valence-electron chi connectivity index (χ4n) is 4.07. The summed E-state index contributed by atoms with van der Waals surface area (Å²) >= 11 is 0. The van der Waals surface area contributed by atoms with Gasteiger partial charge in [-0.3, -0.25) is 0 Å². The molecule has 170 valence electrons. The van der Waals surface area contributed by atoms with Gasteiger partial charge in [-0.25, -0.2) is 0 Å². The van der Waals surface area contributed by atoms with Gasteiger partial charge in [-0.2, -0.15) is 0 Å². The number of allylic oxidation sites excluding steroid dienone is 6. The van der Waals surface area contributed by atoms with Crippen LogP contribution in [0.5, 0.6) is 11.5 Å². The Bertz CT molecular complexity index is 907. The van der Waals surface area contributed by atoms with Crippen LogP contribution < -0.4 is 4.74 Å². The zero-order valence-electron chi connectivity index (χ0n) is 21.0. The minimum absolute atomic E-state index is 0.314. The first-order valence-corrected chi connectivity index (χ1v) is 11.7. The number of aromatic hydroxyl groups is 1. The van der Waals surface area contributed by atoms with Crippen molar-refractivity contribution in [1.29, 1.82) is 0 Å². The summed E-state index contributed by atoms with van der Waals surface area (Å²) in [6.07, 6.45) is 17.8. The normalized spacial score (nSPS) is 18.6. The van der Waals surface area contributed by atoms with E-state index in [0.29, 0.717) is 5.75 Å². The highest BCUT2D eigenvalue weighted by Gasteiger charge is 2.30. The second kappa shape index (κ2) is 10.9. The molecule has 1 aliphatic rings. The Hall–Kier alpha value is -2.22. The molecule has 0 radical (unpaired) electrons. The average molecular weight is 423 g/mol. The summed E-state index contributed by atoms with van der Waals surface area (Å²) in [6.45, 7) is 16.9. The molecular weight excluding hydrogens is 380 g/mol. The van der Waals surface area contributed by atoms with E-state index in [1.165, 1.54) is 16.7 Å². The molecule has 0 amide bonds. The molecule has 0 fully saturated rings. The summed E-state index contributed by atoms with van der Waals surface area (Å²) in [7, 11) is 0. The number of phenolic OH excluding ortho intramolecular Hbond substituents is 1. The quantitative estimate of drug-likeness (QED) is 0.403. The first-order chi connectivity index (χ1) is 14.5. The van der Waals surface area contributed by atoms with Crippen LogP contribution in [0.3, 0.4) is 0 Å². The van der Waals surface area contributed by atoms with Crippen LogP contribution >= 0.6 is 0 Å². The van der Waals surface area contributed by atoms with E-state index in [1.807, 2.05) is 20.8 Å². The Morgan fingerprint density at radius 1 is 0.871 bits per heavy atom. The minimum atomic E-state index is -0.314. The standard InChI is InChI=1S/C29H42O2/c1-20(2)12-9-13-21(3)14-10-15-22(4)16-11-18-29(8)19-17-26-25(7)27(30)23(5)24(6)28(26)31-29/h12,14,16-17,19,30H,9-11,13,15,18H2,1-8H3/b21-14+,22-16+. The molecule has 2 rings (SSSR count). The lowest BCUT2D eigenvalue weighted by Gasteiger charge is -2.34. The van der Waals surface area contributed by atoms with Gasteiger partial charge in [-0.1, -0.05) is 41.0 Å². The third-order valence-electron chi connectivity index (χ3n) is 6.46. The van der Waals surface area contributed by atoms with Crippen LogP contribution in [-0.2, 0) is 0 Å². The number of benzene rings is 1. The predicted octanol–water partition coefficient (Wildman–Crippen LogP) is 8.68. The molecule has 0 saturated carbocycles. The van der Waals surface area contributed by atoms with E-state index in [1.54, 1.807) is 0 Å². The van der Waals surface area contributed by atoms with E-state index in [4.69, 9.17) is 4.74 Å². The van der Waals surface area contributed by atoms with E-state index in [0.717, 1.165) is 66.5 Å². The number of phenols is 1. The van der Waals surface area contributed by atoms with Gasteiger partial charge < -0.3 is 9.84 Å². The maximum absolute atomic E-state index is 10.3. The molecule has 31 heavy (non-hydrogen) atoms. The summed E-state index contributed by atoms with van der Waals surface area (Å²) in [6, 6.07) is 0. The van der Waals surface area contributed by atoms with Gasteiger partial charge in [-0.15, -0.1) is 0 Å². The summed E-state index contributed by atoms with van der Waals surface area (Å²) in [5.41, 5.74) is 7.88. The molecule has 0 aromatic heterocycles. The second-order valence-corrected chi connectivity index (χ2v) is 9.71. The number of hydrogen-bond donors (Lipinski definition) is 1. The van der Waals surface area contributed by atoms with Gasteiger partial charge in [-0.05, 0) is 111 Å². The van der Waals surface area contributed by atoms with Gasteiger partial charge in [0, 0.05) is 11.1 Å². The largest absolute Gasteiger partial charge is 0.507 e. The van der Waals surface area contributed by atoms with Crippen molar-refractivity contribution < 1.29 is 9.84 Å². The lowest BCUT2D eigenvalue weighted by Crippen LogP contribution is -2.32. The third-order valence-corrected chi connectivity index (χ3v) is 6.46. The van der Waals surface area contributed by atoms with Crippen molar-refractivity contribution >= 4 is 6.08 Å². The molecule has 0 spiro atoms. The summed E-state index contributed by atoms with van der Waals surface area (Å²) in [5.74, 6) is 1.31. The van der Waals surface area contributed by atoms with Crippen molar-refractivity contribution in [2.45, 2.75) is 99.5 Å². The molecule has 1 heterocycles. The fraction of sp³-hybridized carbons (Fsp3) is 0.517. The predicted molar refractivity (Wildman–Crippen MR) is 135 cm³/mol. The molecule has 1 aromatic carbocycles. The van der Waals surface area contributed by atoms with Crippen molar-refractivity contribution in [3.63, 3.8) is 0 Å². The van der Waals surface area contributed by atoms with E-state index < -0.39 is 0 Å². The Kier molecular flexibility index (Phi) is 8.79. The Morgan fingerprint density at radius 2 is 1.45 bits per heavy atom. The Balaban J connectivity index is 1.90. The van der Waals surface area contributed by atoms with Gasteiger partial charge >= 0.3 is 0 Å². The fourth-order valence-corrected chi connectivity index (χ4v) is 4.07. The molecule has 0 bridgehead atoms. The van der Waals surface area contributed by atoms with Crippen LogP contribution in [0.15, 0.2) is 41.0 Å². The van der Waals surface area contributed by atoms with Crippen molar-refractivity contribution in [2.24, 2.45) is 0 Å². The average Bonchev–Trinajstić information content (AvgIpc) is 2.70. The first kappa shape index (κ1) is 25.0. The maximum Gasteiger partial charge on any atom is 0.131 e. The number of fused-ring (bicyclic) bond motifs is 1. The second-order valence-electron chi connectivity index (χ2n) is 9.71. The summed E-state index contributed by atoms with van der Waals surface area (Å²) in [5, 5.41) is 10.3. The topological polar surface area (TPSA) is 29.5 Å². The van der Waals surface area contributed by atoms with Crippen LogP contribution in [-0.4, -0.2) is 10.7 Å². The molecule has 1 N–H and O–H groups in total. The van der Waals surface area contributed by atoms with Gasteiger partial charge in [0.2, 0.25) is 0 Å². The number of ether oxygens (including phenoxy) is 1. The van der Waals surface area contributed by atoms with Crippen molar-refractivity contribution in [3.05, 3.63) is 63.3 Å². The molecule has 2 heteroatoms. The SMILES string of the molecule is CC(C)=CCC/C(C)=C/CC/C(C)=C/CCC1(C)C=Cc2c(C)c(O)c(C)c(C)c2O1. The Labute approximate surface area is 190 Å². The number of hydrogen-bond acceptors (Lipinski definition) is 2. The molecule has 0 aliphatic carbocycles. The van der Waals surface area contributed by atoms with Crippen LogP contribution in [0.1, 0.15) is 95.4 Å². The molecule has 1 unspecified atom stereocenters. The lowest BCUT2D eigenvalue weighted by molar-refractivity contribution is 0.127. The molecule has 2 nitrogen and oxygen atoms in total. The summed E-state index contributed by atoms with van der Waals surface area (Å²) < 4.78 is 6.47. The minimum Gasteiger partial charge on any atom is -0.507 e. The van der Waals surface area contributed by atoms with Crippen molar-refractivity contribution in [2.75, 3.05) is 0 Å². The van der Waals surface area contributed by atoms with E-state index in [-0.39, 0.29) is 5.60 Å². The van der Waals surface area contributed by atoms with E-state index >= 15 is 0 Å². The maximum atomic E-state index is 10.3. The summed E-state index contributed by atoms with van der Waals surface area (Å²) in [4.78, 5) is 0. The highest BCUT2D eigenvalue weighted by Crippen LogP contribution is 2.43. The molecule has 1 atom stereocenters. The van der Waals surface area contributed by atoms with Gasteiger partial charge in [0.05, 0.1) is 0 Å². The molecule has 1 aromatic rings. The molecule has 1 aliphatic heterocycles. The smallest absolute Gasteiger partial charge is 0.131 e. The molecular formula is C29H42O2. The van der Waals surface area contributed by atoms with Crippen LogP contribution in [0.25, 0.3) is 6.08 Å². The van der Waals surface area contributed by atoms with Crippen LogP contribution in [0.4, 0.5) is 0 Å². The zero-order chi connectivity index (χ0) is 23.2. The first-order valence-electron chi connectivity index (χ1n) is 11.7. The molecule has 0 saturated heterocycles. The highest BCUT2D eigenvalue weighted by molar-refractivity contribution is 5.71. The monoisotopic (exact) mass is 422 g/mol. The van der Waals surface area contributed by atoms with Gasteiger partial charge in [0.25, 0.3) is 0 Å².